The van der Waals surface area contributed by atoms with Gasteiger partial charge in [0.25, 0.3) is 0 Å². The summed E-state index contributed by atoms with van der Waals surface area (Å²) in [6, 6.07) is 5.14. The smallest absolute Gasteiger partial charge is 0.129 e. The van der Waals surface area contributed by atoms with Crippen molar-refractivity contribution in [2.75, 3.05) is 31.7 Å². The predicted molar refractivity (Wildman–Crippen MR) is 87.9 cm³/mol. The van der Waals surface area contributed by atoms with Gasteiger partial charge >= 0.3 is 0 Å². The van der Waals surface area contributed by atoms with Crippen molar-refractivity contribution in [1.82, 2.24) is 10.3 Å². The van der Waals surface area contributed by atoms with Gasteiger partial charge in [-0.25, -0.2) is 4.98 Å². The second kappa shape index (κ2) is 8.35. The van der Waals surface area contributed by atoms with Crippen LogP contribution in [-0.2, 0) is 17.7 Å². The Hall–Kier alpha value is -1.13. The summed E-state index contributed by atoms with van der Waals surface area (Å²) in [5.41, 5.74) is 2.53. The molecule has 1 saturated carbocycles. The van der Waals surface area contributed by atoms with Gasteiger partial charge in [0.1, 0.15) is 5.82 Å². The van der Waals surface area contributed by atoms with E-state index in [1.807, 2.05) is 0 Å². The fourth-order valence-corrected chi connectivity index (χ4v) is 2.53. The zero-order valence-corrected chi connectivity index (χ0v) is 13.7. The van der Waals surface area contributed by atoms with Crippen LogP contribution in [0.2, 0.25) is 0 Å². The van der Waals surface area contributed by atoms with Gasteiger partial charge in [-0.15, -0.1) is 0 Å². The average Bonchev–Trinajstić information content (AvgIpc) is 3.32. The maximum atomic E-state index is 5.26. The first-order chi connectivity index (χ1) is 10.3. The van der Waals surface area contributed by atoms with Gasteiger partial charge in [-0.05, 0) is 49.9 Å². The first-order valence-electron chi connectivity index (χ1n) is 8.24. The van der Waals surface area contributed by atoms with E-state index in [0.29, 0.717) is 6.04 Å². The normalized spacial score (nSPS) is 14.4. The molecule has 0 saturated heterocycles. The number of aryl methyl sites for hydroxylation is 1. The highest BCUT2D eigenvalue weighted by atomic mass is 16.5. The number of aromatic nitrogens is 1. The van der Waals surface area contributed by atoms with Crippen molar-refractivity contribution in [3.63, 3.8) is 0 Å². The first kappa shape index (κ1) is 16.2. The minimum absolute atomic E-state index is 0.663. The molecule has 0 aliphatic heterocycles. The van der Waals surface area contributed by atoms with Crippen molar-refractivity contribution in [2.24, 2.45) is 0 Å². The van der Waals surface area contributed by atoms with Crippen LogP contribution in [0.5, 0.6) is 0 Å². The molecular formula is C17H29N3O. The zero-order chi connectivity index (χ0) is 15.1. The molecule has 0 unspecified atom stereocenters. The minimum atomic E-state index is 0.663. The summed E-state index contributed by atoms with van der Waals surface area (Å²) >= 11 is 0. The molecule has 1 fully saturated rings. The number of hydrogen-bond donors (Lipinski definition) is 1. The topological polar surface area (TPSA) is 37.4 Å². The van der Waals surface area contributed by atoms with E-state index in [1.54, 1.807) is 7.11 Å². The van der Waals surface area contributed by atoms with Gasteiger partial charge in [0.05, 0.1) is 6.61 Å². The molecule has 1 aliphatic rings. The summed E-state index contributed by atoms with van der Waals surface area (Å²) in [4.78, 5) is 7.26. The van der Waals surface area contributed by atoms with Crippen LogP contribution >= 0.6 is 0 Å². The third-order valence-corrected chi connectivity index (χ3v) is 3.86. The summed E-state index contributed by atoms with van der Waals surface area (Å²) in [7, 11) is 1.76. The van der Waals surface area contributed by atoms with Gasteiger partial charge in [-0.3, -0.25) is 0 Å². The second-order valence-corrected chi connectivity index (χ2v) is 5.77. The minimum Gasteiger partial charge on any atom is -0.383 e. The Morgan fingerprint density at radius 1 is 1.33 bits per heavy atom. The highest BCUT2D eigenvalue weighted by Crippen LogP contribution is 2.31. The van der Waals surface area contributed by atoms with Crippen molar-refractivity contribution in [1.29, 1.82) is 0 Å². The fourth-order valence-electron chi connectivity index (χ4n) is 2.53. The van der Waals surface area contributed by atoms with Crippen molar-refractivity contribution >= 4 is 5.82 Å². The quantitative estimate of drug-likeness (QED) is 0.673. The number of nitrogens with zero attached hydrogens (tertiary/aromatic N) is 2. The van der Waals surface area contributed by atoms with E-state index in [9.17, 15) is 0 Å². The highest BCUT2D eigenvalue weighted by Gasteiger charge is 2.30. The van der Waals surface area contributed by atoms with E-state index in [4.69, 9.17) is 9.72 Å². The molecule has 4 nitrogen and oxygen atoms in total. The monoisotopic (exact) mass is 291 g/mol. The molecule has 1 N–H and O–H groups in total. The molecule has 0 aromatic carbocycles. The van der Waals surface area contributed by atoms with Crippen LogP contribution in [0.25, 0.3) is 0 Å². The molecule has 1 aromatic rings. The molecule has 0 atom stereocenters. The molecule has 0 spiro atoms. The Kier molecular flexibility index (Phi) is 6.46. The lowest BCUT2D eigenvalue weighted by atomic mass is 10.2. The Morgan fingerprint density at radius 2 is 2.14 bits per heavy atom. The third-order valence-electron chi connectivity index (χ3n) is 3.86. The summed E-state index contributed by atoms with van der Waals surface area (Å²) in [6.07, 6.45) is 4.72. The van der Waals surface area contributed by atoms with E-state index in [2.05, 4.69) is 36.2 Å². The number of methoxy groups -OCH3 is 1. The Balaban J connectivity index is 2.13. The van der Waals surface area contributed by atoms with Crippen LogP contribution in [0.3, 0.4) is 0 Å². The SMILES string of the molecule is CCCNCc1cc(CC)nc(N(CCOC)C2CC2)c1. The molecule has 0 amide bonds. The van der Waals surface area contributed by atoms with Crippen molar-refractivity contribution < 1.29 is 4.74 Å². The highest BCUT2D eigenvalue weighted by molar-refractivity contribution is 5.45. The Morgan fingerprint density at radius 3 is 2.76 bits per heavy atom. The first-order valence-corrected chi connectivity index (χ1v) is 8.24. The van der Waals surface area contributed by atoms with Gasteiger partial charge in [-0.1, -0.05) is 13.8 Å². The molecule has 2 rings (SSSR count). The summed E-state index contributed by atoms with van der Waals surface area (Å²) in [5, 5.41) is 3.49. The van der Waals surface area contributed by atoms with Crippen LogP contribution in [0.1, 0.15) is 44.4 Å². The van der Waals surface area contributed by atoms with Crippen LogP contribution < -0.4 is 10.2 Å². The van der Waals surface area contributed by atoms with Gasteiger partial charge in [-0.2, -0.15) is 0 Å². The summed E-state index contributed by atoms with van der Waals surface area (Å²) in [5.74, 6) is 1.13. The van der Waals surface area contributed by atoms with Crippen LogP contribution in [0.15, 0.2) is 12.1 Å². The molecule has 21 heavy (non-hydrogen) atoms. The molecule has 4 heteroatoms. The summed E-state index contributed by atoms with van der Waals surface area (Å²) in [6.45, 7) is 8.06. The van der Waals surface area contributed by atoms with Crippen molar-refractivity contribution in [3.8, 4) is 0 Å². The van der Waals surface area contributed by atoms with E-state index in [-0.39, 0.29) is 0 Å². The lowest BCUT2D eigenvalue weighted by Gasteiger charge is -2.24. The number of ether oxygens (including phenoxy) is 1. The Bertz CT molecular complexity index is 432. The maximum absolute atomic E-state index is 5.26. The number of rotatable bonds is 10. The lowest BCUT2D eigenvalue weighted by Crippen LogP contribution is -2.30. The number of anilines is 1. The molecule has 0 radical (unpaired) electrons. The van der Waals surface area contributed by atoms with Gasteiger partial charge in [0, 0.05) is 31.9 Å². The van der Waals surface area contributed by atoms with Gasteiger partial charge in [0.15, 0.2) is 0 Å². The van der Waals surface area contributed by atoms with E-state index >= 15 is 0 Å². The molecular weight excluding hydrogens is 262 g/mol. The summed E-state index contributed by atoms with van der Waals surface area (Å²) < 4.78 is 5.26. The molecule has 0 bridgehead atoms. The van der Waals surface area contributed by atoms with E-state index < -0.39 is 0 Å². The van der Waals surface area contributed by atoms with Crippen LogP contribution in [0.4, 0.5) is 5.82 Å². The Labute approximate surface area is 128 Å². The molecule has 1 aromatic heterocycles. The maximum Gasteiger partial charge on any atom is 0.129 e. The van der Waals surface area contributed by atoms with Gasteiger partial charge in [0.2, 0.25) is 0 Å². The zero-order valence-electron chi connectivity index (χ0n) is 13.7. The predicted octanol–water partition coefficient (Wildman–Crippen LogP) is 2.76. The van der Waals surface area contributed by atoms with Gasteiger partial charge < -0.3 is 15.0 Å². The van der Waals surface area contributed by atoms with E-state index in [0.717, 1.165) is 38.5 Å². The van der Waals surface area contributed by atoms with Crippen LogP contribution in [0, 0.1) is 0 Å². The van der Waals surface area contributed by atoms with Crippen molar-refractivity contribution in [2.45, 2.75) is 52.1 Å². The third kappa shape index (κ3) is 4.97. The largest absolute Gasteiger partial charge is 0.383 e. The van der Waals surface area contributed by atoms with Crippen molar-refractivity contribution in [3.05, 3.63) is 23.4 Å². The average molecular weight is 291 g/mol. The molecule has 1 aliphatic carbocycles. The standard InChI is InChI=1S/C17H29N3O/c1-4-8-18-13-14-11-15(5-2)19-17(12-14)20(9-10-21-3)16-6-7-16/h11-12,16,18H,4-10,13H2,1-3H3. The fraction of sp³-hybridized carbons (Fsp3) is 0.706. The number of hydrogen-bond acceptors (Lipinski definition) is 4. The van der Waals surface area contributed by atoms with Crippen LogP contribution in [-0.4, -0.2) is 37.8 Å². The number of pyridine rings is 1. The molecule has 118 valence electrons. The van der Waals surface area contributed by atoms with E-state index in [1.165, 1.54) is 30.5 Å². The number of nitrogens with one attached hydrogen (secondary N) is 1. The molecule has 1 heterocycles. The lowest BCUT2D eigenvalue weighted by molar-refractivity contribution is 0.204. The second-order valence-electron chi connectivity index (χ2n) is 5.77.